The minimum Gasteiger partial charge on any atom is -0.480 e. The van der Waals surface area contributed by atoms with Gasteiger partial charge in [-0.15, -0.1) is 0 Å². The van der Waals surface area contributed by atoms with Gasteiger partial charge < -0.3 is 20.8 Å². The molecule has 1 fully saturated rings. The van der Waals surface area contributed by atoms with Gasteiger partial charge >= 0.3 is 5.97 Å². The molecule has 0 aromatic heterocycles. The van der Waals surface area contributed by atoms with Crippen LogP contribution in [0.25, 0.3) is 0 Å². The van der Waals surface area contributed by atoms with E-state index in [0.717, 1.165) is 5.56 Å². The highest BCUT2D eigenvalue weighted by atomic mass is 16.4. The Kier molecular flexibility index (Phi) is 4.93. The lowest BCUT2D eigenvalue weighted by Crippen LogP contribution is -2.48. The fourth-order valence-corrected chi connectivity index (χ4v) is 2.59. The SMILES string of the molecule is NC(CCc1ccccc1)C(=O)N1C[C@@H](O)C[C@H]1C(=O)O. The molecule has 4 N–H and O–H groups in total. The lowest BCUT2D eigenvalue weighted by molar-refractivity contribution is -0.148. The number of benzene rings is 1. The molecule has 21 heavy (non-hydrogen) atoms. The van der Waals surface area contributed by atoms with Gasteiger partial charge in [-0.2, -0.15) is 0 Å². The Morgan fingerprint density at radius 3 is 2.62 bits per heavy atom. The third-order valence-electron chi connectivity index (χ3n) is 3.75. The predicted molar refractivity (Wildman–Crippen MR) is 76.5 cm³/mol. The zero-order valence-electron chi connectivity index (χ0n) is 11.7. The van der Waals surface area contributed by atoms with E-state index in [2.05, 4.69) is 0 Å². The second kappa shape index (κ2) is 6.69. The first kappa shape index (κ1) is 15.5. The number of aliphatic carboxylic acids is 1. The molecule has 0 aliphatic carbocycles. The minimum absolute atomic E-state index is 0.0365. The Hall–Kier alpha value is -1.92. The maximum Gasteiger partial charge on any atom is 0.326 e. The van der Waals surface area contributed by atoms with Gasteiger partial charge in [-0.25, -0.2) is 4.79 Å². The Bertz CT molecular complexity index is 506. The largest absolute Gasteiger partial charge is 0.480 e. The van der Waals surface area contributed by atoms with E-state index >= 15 is 0 Å². The van der Waals surface area contributed by atoms with E-state index in [1.165, 1.54) is 4.90 Å². The number of aryl methyl sites for hydroxylation is 1. The van der Waals surface area contributed by atoms with Gasteiger partial charge in [-0.1, -0.05) is 30.3 Å². The van der Waals surface area contributed by atoms with Crippen molar-refractivity contribution in [2.75, 3.05) is 6.54 Å². The number of rotatable bonds is 5. The molecule has 1 aliphatic heterocycles. The summed E-state index contributed by atoms with van der Waals surface area (Å²) < 4.78 is 0. The van der Waals surface area contributed by atoms with Gasteiger partial charge in [0.15, 0.2) is 0 Å². The first-order chi connectivity index (χ1) is 9.99. The standard InChI is InChI=1S/C15H20N2O4/c16-12(7-6-10-4-2-1-3-5-10)14(19)17-9-11(18)8-13(17)15(20)21/h1-5,11-13,18H,6-9,16H2,(H,20,21)/t11-,12?,13-/m0/s1. The lowest BCUT2D eigenvalue weighted by atomic mass is 10.0. The van der Waals surface area contributed by atoms with Gasteiger partial charge in [-0.3, -0.25) is 4.79 Å². The summed E-state index contributed by atoms with van der Waals surface area (Å²) >= 11 is 0. The Morgan fingerprint density at radius 1 is 1.33 bits per heavy atom. The average molecular weight is 292 g/mol. The zero-order chi connectivity index (χ0) is 15.4. The van der Waals surface area contributed by atoms with Crippen LogP contribution < -0.4 is 5.73 Å². The van der Waals surface area contributed by atoms with Gasteiger partial charge in [0.25, 0.3) is 0 Å². The van der Waals surface area contributed by atoms with Crippen LogP contribution in [0.1, 0.15) is 18.4 Å². The number of aliphatic hydroxyl groups is 1. The molecule has 3 atom stereocenters. The molecule has 1 unspecified atom stereocenters. The first-order valence-electron chi connectivity index (χ1n) is 7.00. The van der Waals surface area contributed by atoms with Crippen molar-refractivity contribution in [3.05, 3.63) is 35.9 Å². The molecule has 2 rings (SSSR count). The van der Waals surface area contributed by atoms with Gasteiger partial charge in [0, 0.05) is 13.0 Å². The fraction of sp³-hybridized carbons (Fsp3) is 0.467. The second-order valence-corrected chi connectivity index (χ2v) is 5.36. The Morgan fingerprint density at radius 2 is 2.00 bits per heavy atom. The quantitative estimate of drug-likeness (QED) is 0.708. The molecule has 114 valence electrons. The third-order valence-corrected chi connectivity index (χ3v) is 3.75. The summed E-state index contributed by atoms with van der Waals surface area (Å²) in [4.78, 5) is 24.6. The number of amides is 1. The van der Waals surface area contributed by atoms with E-state index in [0.29, 0.717) is 12.8 Å². The molecule has 0 spiro atoms. The summed E-state index contributed by atoms with van der Waals surface area (Å²) in [5, 5.41) is 18.7. The summed E-state index contributed by atoms with van der Waals surface area (Å²) in [6.07, 6.45) is 0.368. The van der Waals surface area contributed by atoms with Crippen LogP contribution in [-0.2, 0) is 16.0 Å². The molecule has 6 heteroatoms. The van der Waals surface area contributed by atoms with Crippen molar-refractivity contribution in [1.82, 2.24) is 4.90 Å². The second-order valence-electron chi connectivity index (χ2n) is 5.36. The number of nitrogens with zero attached hydrogens (tertiary/aromatic N) is 1. The maximum absolute atomic E-state index is 12.3. The number of aliphatic hydroxyl groups excluding tert-OH is 1. The van der Waals surface area contributed by atoms with Crippen LogP contribution in [0.4, 0.5) is 0 Å². The predicted octanol–water partition coefficient (Wildman–Crippen LogP) is -0.00710. The summed E-state index contributed by atoms with van der Waals surface area (Å²) in [6, 6.07) is 7.93. The van der Waals surface area contributed by atoms with Gasteiger partial charge in [-0.05, 0) is 18.4 Å². The molecule has 1 amide bonds. The number of carbonyl (C=O) groups is 2. The normalized spacial score (nSPS) is 23.0. The van der Waals surface area contributed by atoms with Crippen LogP contribution >= 0.6 is 0 Å². The van der Waals surface area contributed by atoms with Gasteiger partial charge in [0.05, 0.1) is 12.1 Å². The molecule has 6 nitrogen and oxygen atoms in total. The van der Waals surface area contributed by atoms with Crippen LogP contribution in [0, 0.1) is 0 Å². The molecule has 1 saturated heterocycles. The molecule has 0 radical (unpaired) electrons. The first-order valence-corrected chi connectivity index (χ1v) is 7.00. The fourth-order valence-electron chi connectivity index (χ4n) is 2.59. The molecule has 1 aromatic carbocycles. The number of carbonyl (C=O) groups excluding carboxylic acids is 1. The summed E-state index contributed by atoms with van der Waals surface area (Å²) in [5.74, 6) is -1.51. The summed E-state index contributed by atoms with van der Waals surface area (Å²) in [7, 11) is 0. The highest BCUT2D eigenvalue weighted by Gasteiger charge is 2.40. The van der Waals surface area contributed by atoms with Gasteiger partial charge in [0.2, 0.25) is 5.91 Å². The number of likely N-dealkylation sites (tertiary alicyclic amines) is 1. The van der Waals surface area contributed by atoms with Crippen molar-refractivity contribution in [1.29, 1.82) is 0 Å². The van der Waals surface area contributed by atoms with E-state index in [9.17, 15) is 14.7 Å². The van der Waals surface area contributed by atoms with Crippen LogP contribution in [0.15, 0.2) is 30.3 Å². The van der Waals surface area contributed by atoms with Crippen molar-refractivity contribution >= 4 is 11.9 Å². The van der Waals surface area contributed by atoms with Crippen molar-refractivity contribution in [3.63, 3.8) is 0 Å². The van der Waals surface area contributed by atoms with Crippen molar-refractivity contribution in [2.45, 2.75) is 37.5 Å². The number of hydrogen-bond donors (Lipinski definition) is 3. The molecular weight excluding hydrogens is 272 g/mol. The van der Waals surface area contributed by atoms with Crippen LogP contribution in [-0.4, -0.2) is 51.7 Å². The van der Waals surface area contributed by atoms with Gasteiger partial charge in [0.1, 0.15) is 6.04 Å². The monoisotopic (exact) mass is 292 g/mol. The average Bonchev–Trinajstić information content (AvgIpc) is 2.87. The number of nitrogens with two attached hydrogens (primary N) is 1. The molecule has 1 aromatic rings. The minimum atomic E-state index is -1.10. The number of carboxylic acids is 1. The molecule has 1 heterocycles. The highest BCUT2D eigenvalue weighted by Crippen LogP contribution is 2.19. The van der Waals surface area contributed by atoms with Crippen LogP contribution in [0.2, 0.25) is 0 Å². The topological polar surface area (TPSA) is 104 Å². The smallest absolute Gasteiger partial charge is 0.326 e. The highest BCUT2D eigenvalue weighted by molar-refractivity contribution is 5.87. The van der Waals surface area contributed by atoms with Crippen molar-refractivity contribution in [3.8, 4) is 0 Å². The third kappa shape index (κ3) is 3.80. The number of carboxylic acid groups (broad SMARTS) is 1. The molecule has 0 saturated carbocycles. The zero-order valence-corrected chi connectivity index (χ0v) is 11.7. The van der Waals surface area contributed by atoms with E-state index in [1.807, 2.05) is 30.3 Å². The maximum atomic E-state index is 12.3. The molecular formula is C15H20N2O4. The van der Waals surface area contributed by atoms with E-state index in [4.69, 9.17) is 10.8 Å². The molecule has 1 aliphatic rings. The number of hydrogen-bond acceptors (Lipinski definition) is 4. The summed E-state index contributed by atoms with van der Waals surface area (Å²) in [6.45, 7) is 0.0365. The Balaban J connectivity index is 1.94. The van der Waals surface area contributed by atoms with Crippen molar-refractivity contribution in [2.24, 2.45) is 5.73 Å². The number of β-amino-alcohol motifs (C(OH)–C–C–N with tert-alkyl or cyclic N) is 1. The molecule has 0 bridgehead atoms. The van der Waals surface area contributed by atoms with Crippen molar-refractivity contribution < 1.29 is 19.8 Å². The van der Waals surface area contributed by atoms with E-state index < -0.39 is 30.1 Å². The van der Waals surface area contributed by atoms with E-state index in [1.54, 1.807) is 0 Å². The summed E-state index contributed by atoms with van der Waals surface area (Å²) in [5.41, 5.74) is 6.97. The van der Waals surface area contributed by atoms with E-state index in [-0.39, 0.29) is 13.0 Å². The Labute approximate surface area is 123 Å². The van der Waals surface area contributed by atoms with Crippen LogP contribution in [0.5, 0.6) is 0 Å². The van der Waals surface area contributed by atoms with Crippen LogP contribution in [0.3, 0.4) is 0 Å². The lowest BCUT2D eigenvalue weighted by Gasteiger charge is -2.24.